The van der Waals surface area contributed by atoms with Crippen LogP contribution in [0, 0.1) is 6.92 Å². The van der Waals surface area contributed by atoms with Gasteiger partial charge < -0.3 is 18.9 Å². The first-order chi connectivity index (χ1) is 12.2. The van der Waals surface area contributed by atoms with Crippen LogP contribution in [0.1, 0.15) is 17.9 Å². The maximum absolute atomic E-state index is 5.79. The molecule has 0 N–H and O–H groups in total. The molecule has 2 aromatic rings. The number of hydrogen-bond donors (Lipinski definition) is 0. The van der Waals surface area contributed by atoms with E-state index in [0.717, 1.165) is 75.2 Å². The highest BCUT2D eigenvalue weighted by molar-refractivity contribution is 5.31. The van der Waals surface area contributed by atoms with Gasteiger partial charge in [0.2, 0.25) is 0 Å². The Kier molecular flexibility index (Phi) is 6.30. The molecule has 2 heterocycles. The van der Waals surface area contributed by atoms with Crippen LogP contribution in [0.3, 0.4) is 0 Å². The van der Waals surface area contributed by atoms with Crippen molar-refractivity contribution >= 4 is 0 Å². The molecule has 1 aliphatic rings. The number of rotatable bonds is 8. The molecule has 0 saturated carbocycles. The van der Waals surface area contributed by atoms with E-state index in [-0.39, 0.29) is 0 Å². The highest BCUT2D eigenvalue weighted by atomic mass is 16.5. The molecule has 1 aromatic heterocycles. The van der Waals surface area contributed by atoms with Crippen LogP contribution in [0.25, 0.3) is 0 Å². The molecule has 25 heavy (non-hydrogen) atoms. The van der Waals surface area contributed by atoms with Crippen molar-refractivity contribution in [2.75, 3.05) is 46.4 Å². The first-order valence-corrected chi connectivity index (χ1v) is 8.87. The van der Waals surface area contributed by atoms with Gasteiger partial charge in [-0.25, -0.2) is 0 Å². The number of ether oxygens (including phenoxy) is 2. The molecule has 0 amide bonds. The van der Waals surface area contributed by atoms with Crippen molar-refractivity contribution in [2.24, 2.45) is 0 Å². The molecule has 6 nitrogen and oxygen atoms in total. The number of aryl methyl sites for hydroxylation is 1. The average Bonchev–Trinajstić information content (AvgIpc) is 3.05. The van der Waals surface area contributed by atoms with E-state index in [0.29, 0.717) is 0 Å². The molecular formula is C19H27N3O3. The van der Waals surface area contributed by atoms with E-state index >= 15 is 0 Å². The molecule has 1 aliphatic heterocycles. The van der Waals surface area contributed by atoms with E-state index in [1.54, 1.807) is 7.11 Å². The smallest absolute Gasteiger partial charge is 0.133 e. The standard InChI is InChI=1S/C19H27N3O3/c1-16-14-17(20-25-16)15-22-11-9-21(10-12-22)8-3-13-24-19-6-4-18(23-2)5-7-19/h4-7,14H,3,8-13,15H2,1-2H3. The number of hydrogen-bond acceptors (Lipinski definition) is 6. The molecule has 136 valence electrons. The van der Waals surface area contributed by atoms with E-state index < -0.39 is 0 Å². The fourth-order valence-electron chi connectivity index (χ4n) is 3.04. The van der Waals surface area contributed by atoms with Gasteiger partial charge in [-0.05, 0) is 37.6 Å². The topological polar surface area (TPSA) is 51.0 Å². The predicted molar refractivity (Wildman–Crippen MR) is 96.1 cm³/mol. The molecule has 1 saturated heterocycles. The minimum atomic E-state index is 0.741. The monoisotopic (exact) mass is 345 g/mol. The third-order valence-electron chi connectivity index (χ3n) is 4.47. The SMILES string of the molecule is COc1ccc(OCCCN2CCN(Cc3cc(C)on3)CC2)cc1. The highest BCUT2D eigenvalue weighted by Gasteiger charge is 2.17. The zero-order valence-corrected chi connectivity index (χ0v) is 15.1. The molecule has 0 radical (unpaired) electrons. The Morgan fingerprint density at radius 3 is 2.36 bits per heavy atom. The maximum atomic E-state index is 5.79. The molecular weight excluding hydrogens is 318 g/mol. The molecule has 0 atom stereocenters. The van der Waals surface area contributed by atoms with Crippen molar-refractivity contribution in [3.8, 4) is 11.5 Å². The van der Waals surface area contributed by atoms with Crippen LogP contribution in [0.4, 0.5) is 0 Å². The molecule has 1 aromatic carbocycles. The Balaban J connectivity index is 1.29. The Labute approximate surface area is 149 Å². The largest absolute Gasteiger partial charge is 0.497 e. The second-order valence-corrected chi connectivity index (χ2v) is 6.42. The lowest BCUT2D eigenvalue weighted by Gasteiger charge is -2.34. The van der Waals surface area contributed by atoms with Crippen molar-refractivity contribution in [1.82, 2.24) is 15.0 Å². The quantitative estimate of drug-likeness (QED) is 0.686. The predicted octanol–water partition coefficient (Wildman–Crippen LogP) is 2.58. The third kappa shape index (κ3) is 5.47. The Hall–Kier alpha value is -2.05. The third-order valence-corrected chi connectivity index (χ3v) is 4.47. The number of nitrogens with zero attached hydrogens (tertiary/aromatic N) is 3. The van der Waals surface area contributed by atoms with Gasteiger partial charge in [-0.3, -0.25) is 4.90 Å². The summed E-state index contributed by atoms with van der Waals surface area (Å²) < 4.78 is 16.1. The summed E-state index contributed by atoms with van der Waals surface area (Å²) in [6.45, 7) is 8.97. The van der Waals surface area contributed by atoms with Gasteiger partial charge in [0.25, 0.3) is 0 Å². The van der Waals surface area contributed by atoms with Gasteiger partial charge in [-0.1, -0.05) is 5.16 Å². The molecule has 3 rings (SSSR count). The molecule has 0 bridgehead atoms. The molecule has 0 unspecified atom stereocenters. The zero-order chi connectivity index (χ0) is 17.5. The van der Waals surface area contributed by atoms with Crippen molar-refractivity contribution in [3.05, 3.63) is 41.8 Å². The number of benzene rings is 1. The van der Waals surface area contributed by atoms with Crippen LogP contribution in [-0.2, 0) is 6.54 Å². The zero-order valence-electron chi connectivity index (χ0n) is 15.1. The van der Waals surface area contributed by atoms with Crippen LogP contribution in [0.2, 0.25) is 0 Å². The first kappa shape index (κ1) is 17.8. The van der Waals surface area contributed by atoms with E-state index in [9.17, 15) is 0 Å². The fraction of sp³-hybridized carbons (Fsp3) is 0.526. The number of methoxy groups -OCH3 is 1. The Morgan fingerprint density at radius 2 is 1.72 bits per heavy atom. The van der Waals surface area contributed by atoms with Gasteiger partial charge in [-0.15, -0.1) is 0 Å². The van der Waals surface area contributed by atoms with E-state index in [1.807, 2.05) is 37.3 Å². The second kappa shape index (κ2) is 8.87. The van der Waals surface area contributed by atoms with Crippen LogP contribution < -0.4 is 9.47 Å². The molecule has 6 heteroatoms. The van der Waals surface area contributed by atoms with Gasteiger partial charge in [0, 0.05) is 45.3 Å². The Morgan fingerprint density at radius 1 is 1.04 bits per heavy atom. The van der Waals surface area contributed by atoms with Gasteiger partial charge >= 0.3 is 0 Å². The number of aromatic nitrogens is 1. The van der Waals surface area contributed by atoms with Crippen molar-refractivity contribution in [2.45, 2.75) is 19.9 Å². The van der Waals surface area contributed by atoms with Crippen LogP contribution >= 0.6 is 0 Å². The van der Waals surface area contributed by atoms with E-state index in [4.69, 9.17) is 14.0 Å². The number of piperazine rings is 1. The molecule has 0 aliphatic carbocycles. The summed E-state index contributed by atoms with van der Waals surface area (Å²) >= 11 is 0. The maximum Gasteiger partial charge on any atom is 0.133 e. The fourth-order valence-corrected chi connectivity index (χ4v) is 3.04. The summed E-state index contributed by atoms with van der Waals surface area (Å²) in [5, 5.41) is 4.07. The molecule has 1 fully saturated rings. The van der Waals surface area contributed by atoms with Crippen molar-refractivity contribution < 1.29 is 14.0 Å². The van der Waals surface area contributed by atoms with Gasteiger partial charge in [0.1, 0.15) is 17.3 Å². The summed E-state index contributed by atoms with van der Waals surface area (Å²) in [4.78, 5) is 4.93. The van der Waals surface area contributed by atoms with Crippen LogP contribution in [0.5, 0.6) is 11.5 Å². The summed E-state index contributed by atoms with van der Waals surface area (Å²) in [6, 6.07) is 9.76. The summed E-state index contributed by atoms with van der Waals surface area (Å²) in [5.41, 5.74) is 1.03. The van der Waals surface area contributed by atoms with Crippen LogP contribution in [0.15, 0.2) is 34.9 Å². The average molecular weight is 345 g/mol. The summed E-state index contributed by atoms with van der Waals surface area (Å²) in [6.07, 6.45) is 1.04. The van der Waals surface area contributed by atoms with E-state index in [2.05, 4.69) is 15.0 Å². The Bertz CT molecular complexity index is 634. The normalized spacial score (nSPS) is 16.1. The highest BCUT2D eigenvalue weighted by Crippen LogP contribution is 2.17. The first-order valence-electron chi connectivity index (χ1n) is 8.87. The second-order valence-electron chi connectivity index (χ2n) is 6.42. The minimum Gasteiger partial charge on any atom is -0.497 e. The lowest BCUT2D eigenvalue weighted by molar-refractivity contribution is 0.119. The molecule has 0 spiro atoms. The van der Waals surface area contributed by atoms with E-state index in [1.165, 1.54) is 0 Å². The summed E-state index contributed by atoms with van der Waals surface area (Å²) in [7, 11) is 1.67. The minimum absolute atomic E-state index is 0.741. The van der Waals surface area contributed by atoms with Gasteiger partial charge in [0.15, 0.2) is 0 Å². The van der Waals surface area contributed by atoms with Crippen molar-refractivity contribution in [3.63, 3.8) is 0 Å². The summed E-state index contributed by atoms with van der Waals surface area (Å²) in [5.74, 6) is 2.63. The van der Waals surface area contributed by atoms with Gasteiger partial charge in [0.05, 0.1) is 19.4 Å². The van der Waals surface area contributed by atoms with Crippen molar-refractivity contribution in [1.29, 1.82) is 0 Å². The van der Waals surface area contributed by atoms with Gasteiger partial charge in [-0.2, -0.15) is 0 Å². The van der Waals surface area contributed by atoms with Crippen LogP contribution in [-0.4, -0.2) is 61.4 Å². The lowest BCUT2D eigenvalue weighted by Crippen LogP contribution is -2.46. The lowest BCUT2D eigenvalue weighted by atomic mass is 10.2.